The van der Waals surface area contributed by atoms with E-state index in [4.69, 9.17) is 21.7 Å². The molecule has 0 aromatic carbocycles. The van der Waals surface area contributed by atoms with Gasteiger partial charge in [-0.2, -0.15) is 11.8 Å². The molecule has 0 aromatic rings. The topological polar surface area (TPSA) is 197 Å². The molecule has 12 heteroatoms. The fourth-order valence-corrected chi connectivity index (χ4v) is 2.76. The molecule has 11 nitrogen and oxygen atoms in total. The number of carboxylic acid groups (broad SMARTS) is 1. The first-order chi connectivity index (χ1) is 13.7. The number of unbranched alkanes of at least 4 members (excludes halogenated alkanes) is 1. The maximum atomic E-state index is 12.4. The zero-order valence-corrected chi connectivity index (χ0v) is 17.7. The molecule has 0 heterocycles. The lowest BCUT2D eigenvalue weighted by Crippen LogP contribution is -2.56. The highest BCUT2D eigenvalue weighted by Gasteiger charge is 2.28. The summed E-state index contributed by atoms with van der Waals surface area (Å²) in [6.07, 6.45) is 3.94. The summed E-state index contributed by atoms with van der Waals surface area (Å²) in [5.74, 6) is -2.68. The minimum absolute atomic E-state index is 0.246. The summed E-state index contributed by atoms with van der Waals surface area (Å²) in [5, 5.41) is 25.2. The molecule has 0 saturated carbocycles. The number of hydrogen-bond donors (Lipinski definition) is 7. The molecule has 4 unspecified atom stereocenters. The van der Waals surface area contributed by atoms with Gasteiger partial charge in [0.05, 0.1) is 12.6 Å². The van der Waals surface area contributed by atoms with E-state index in [1.54, 1.807) is 0 Å². The van der Waals surface area contributed by atoms with Crippen LogP contribution in [0.25, 0.3) is 0 Å². The Morgan fingerprint density at radius 2 is 1.59 bits per heavy atom. The molecule has 0 bridgehead atoms. The van der Waals surface area contributed by atoms with Crippen LogP contribution in [0.1, 0.15) is 32.6 Å². The van der Waals surface area contributed by atoms with Gasteiger partial charge in [0, 0.05) is 0 Å². The van der Waals surface area contributed by atoms with Crippen molar-refractivity contribution in [3.05, 3.63) is 0 Å². The SMILES string of the molecule is CSCCC(NC(=O)C(C)NC(=O)C(N)CCCCN)C(=O)NC(CO)C(=O)O. The van der Waals surface area contributed by atoms with Gasteiger partial charge in [0.1, 0.15) is 18.1 Å². The summed E-state index contributed by atoms with van der Waals surface area (Å²) in [5.41, 5.74) is 11.2. The maximum absolute atomic E-state index is 12.4. The molecule has 0 rings (SSSR count). The van der Waals surface area contributed by atoms with Crippen molar-refractivity contribution in [2.75, 3.05) is 25.2 Å². The van der Waals surface area contributed by atoms with Gasteiger partial charge in [0.15, 0.2) is 0 Å². The molecule has 168 valence electrons. The lowest BCUT2D eigenvalue weighted by molar-refractivity contribution is -0.143. The summed E-state index contributed by atoms with van der Waals surface area (Å²) >= 11 is 1.45. The van der Waals surface area contributed by atoms with Gasteiger partial charge in [-0.1, -0.05) is 6.42 Å². The Labute approximate surface area is 174 Å². The largest absolute Gasteiger partial charge is 0.480 e. The molecule has 0 fully saturated rings. The minimum atomic E-state index is -1.47. The number of aliphatic carboxylic acids is 1. The molecule has 4 atom stereocenters. The van der Waals surface area contributed by atoms with Crippen molar-refractivity contribution in [1.82, 2.24) is 16.0 Å². The standard InChI is InChI=1S/C17H33N5O6S/c1-10(20-15(25)11(19)5-3-4-7-18)14(24)21-12(6-8-29-2)16(26)22-13(9-23)17(27)28/h10-13,23H,3-9,18-19H2,1-2H3,(H,20,25)(H,21,24)(H,22,26)(H,27,28). The van der Waals surface area contributed by atoms with Gasteiger partial charge in [-0.3, -0.25) is 14.4 Å². The van der Waals surface area contributed by atoms with Gasteiger partial charge in [0.25, 0.3) is 0 Å². The second-order valence-corrected chi connectivity index (χ2v) is 7.53. The van der Waals surface area contributed by atoms with E-state index in [2.05, 4.69) is 16.0 Å². The van der Waals surface area contributed by atoms with E-state index in [-0.39, 0.29) is 6.42 Å². The smallest absolute Gasteiger partial charge is 0.328 e. The second kappa shape index (κ2) is 15.0. The normalized spacial score (nSPS) is 14.9. The quantitative estimate of drug-likeness (QED) is 0.139. The summed E-state index contributed by atoms with van der Waals surface area (Å²) in [6.45, 7) is 1.18. The summed E-state index contributed by atoms with van der Waals surface area (Å²) in [6, 6.07) is -4.20. The van der Waals surface area contributed by atoms with Crippen LogP contribution in [0.4, 0.5) is 0 Å². The molecular weight excluding hydrogens is 402 g/mol. The van der Waals surface area contributed by atoms with Crippen LogP contribution in [0.2, 0.25) is 0 Å². The Hall–Kier alpha value is -1.89. The fourth-order valence-electron chi connectivity index (χ4n) is 2.28. The third kappa shape index (κ3) is 11.0. The Balaban J connectivity index is 4.83. The molecule has 9 N–H and O–H groups in total. The third-order valence-electron chi connectivity index (χ3n) is 4.10. The average molecular weight is 436 g/mol. The van der Waals surface area contributed by atoms with Crippen LogP contribution >= 0.6 is 11.8 Å². The molecule has 0 radical (unpaired) electrons. The highest BCUT2D eigenvalue weighted by atomic mass is 32.2. The molecule has 0 saturated heterocycles. The number of nitrogens with two attached hydrogens (primary N) is 2. The number of aliphatic hydroxyl groups is 1. The van der Waals surface area contributed by atoms with Crippen molar-refractivity contribution < 1.29 is 29.4 Å². The first-order valence-electron chi connectivity index (χ1n) is 9.37. The number of rotatable bonds is 15. The van der Waals surface area contributed by atoms with E-state index in [0.29, 0.717) is 25.1 Å². The molecule has 0 aliphatic heterocycles. The van der Waals surface area contributed by atoms with Crippen LogP contribution in [0.15, 0.2) is 0 Å². The monoisotopic (exact) mass is 435 g/mol. The molecular formula is C17H33N5O6S. The van der Waals surface area contributed by atoms with Crippen LogP contribution in [-0.2, 0) is 19.2 Å². The van der Waals surface area contributed by atoms with Gasteiger partial charge < -0.3 is 37.6 Å². The van der Waals surface area contributed by atoms with Crippen LogP contribution in [0.5, 0.6) is 0 Å². The zero-order valence-electron chi connectivity index (χ0n) is 16.8. The second-order valence-electron chi connectivity index (χ2n) is 6.55. The number of hydrogen-bond acceptors (Lipinski definition) is 8. The Bertz CT molecular complexity index is 550. The van der Waals surface area contributed by atoms with Crippen molar-refractivity contribution in [3.8, 4) is 0 Å². The van der Waals surface area contributed by atoms with Crippen molar-refractivity contribution in [3.63, 3.8) is 0 Å². The fraction of sp³-hybridized carbons (Fsp3) is 0.765. The molecule has 0 aliphatic carbocycles. The van der Waals surface area contributed by atoms with E-state index >= 15 is 0 Å². The number of amides is 3. The van der Waals surface area contributed by atoms with Crippen molar-refractivity contribution >= 4 is 35.5 Å². The number of carboxylic acids is 1. The highest BCUT2D eigenvalue weighted by Crippen LogP contribution is 2.03. The predicted molar refractivity (Wildman–Crippen MR) is 110 cm³/mol. The summed E-state index contributed by atoms with van der Waals surface area (Å²) in [4.78, 5) is 47.8. The molecule has 3 amide bonds. The first kappa shape index (κ1) is 27.1. The number of carbonyl (C=O) groups excluding carboxylic acids is 3. The van der Waals surface area contributed by atoms with Crippen molar-refractivity contribution in [2.24, 2.45) is 11.5 Å². The van der Waals surface area contributed by atoms with Crippen LogP contribution in [0.3, 0.4) is 0 Å². The molecule has 0 aliphatic rings. The van der Waals surface area contributed by atoms with Crippen LogP contribution in [0, 0.1) is 0 Å². The minimum Gasteiger partial charge on any atom is -0.480 e. The average Bonchev–Trinajstić information content (AvgIpc) is 2.68. The Morgan fingerprint density at radius 1 is 0.966 bits per heavy atom. The van der Waals surface area contributed by atoms with E-state index in [0.717, 1.165) is 6.42 Å². The van der Waals surface area contributed by atoms with E-state index in [1.807, 2.05) is 6.26 Å². The number of carbonyl (C=O) groups is 4. The van der Waals surface area contributed by atoms with Crippen LogP contribution < -0.4 is 27.4 Å². The molecule has 0 spiro atoms. The van der Waals surface area contributed by atoms with E-state index < -0.39 is 54.5 Å². The summed E-state index contributed by atoms with van der Waals surface area (Å²) < 4.78 is 0. The Kier molecular flexibility index (Phi) is 14.0. The Morgan fingerprint density at radius 3 is 2.10 bits per heavy atom. The lowest BCUT2D eigenvalue weighted by atomic mass is 10.1. The zero-order chi connectivity index (χ0) is 22.4. The molecule has 29 heavy (non-hydrogen) atoms. The van der Waals surface area contributed by atoms with E-state index in [9.17, 15) is 19.2 Å². The van der Waals surface area contributed by atoms with Gasteiger partial charge in [0.2, 0.25) is 17.7 Å². The lowest BCUT2D eigenvalue weighted by Gasteiger charge is -2.23. The van der Waals surface area contributed by atoms with Gasteiger partial charge in [-0.05, 0) is 44.7 Å². The van der Waals surface area contributed by atoms with Crippen molar-refractivity contribution in [1.29, 1.82) is 0 Å². The van der Waals surface area contributed by atoms with Crippen LogP contribution in [-0.4, -0.2) is 83.2 Å². The summed E-state index contributed by atoms with van der Waals surface area (Å²) in [7, 11) is 0. The van der Waals surface area contributed by atoms with Gasteiger partial charge >= 0.3 is 5.97 Å². The number of aliphatic hydroxyl groups excluding tert-OH is 1. The predicted octanol–water partition coefficient (Wildman–Crippen LogP) is -2.25. The first-order valence-corrected chi connectivity index (χ1v) is 10.8. The van der Waals surface area contributed by atoms with Crippen molar-refractivity contribution in [2.45, 2.75) is 56.8 Å². The third-order valence-corrected chi connectivity index (χ3v) is 4.74. The number of nitrogens with one attached hydrogen (secondary N) is 3. The van der Waals surface area contributed by atoms with Gasteiger partial charge in [-0.25, -0.2) is 4.79 Å². The van der Waals surface area contributed by atoms with Gasteiger partial charge in [-0.15, -0.1) is 0 Å². The maximum Gasteiger partial charge on any atom is 0.328 e. The highest BCUT2D eigenvalue weighted by molar-refractivity contribution is 7.98. The van der Waals surface area contributed by atoms with E-state index in [1.165, 1.54) is 18.7 Å². The number of thioether (sulfide) groups is 1. The molecule has 0 aromatic heterocycles.